The van der Waals surface area contributed by atoms with Crippen LogP contribution in [0.1, 0.15) is 31.4 Å². The number of hydrogen-bond donors (Lipinski definition) is 1. The van der Waals surface area contributed by atoms with E-state index in [1.165, 1.54) is 10.7 Å². The molecule has 1 aromatic carbocycles. The van der Waals surface area contributed by atoms with Gasteiger partial charge in [-0.3, -0.25) is 9.48 Å². The monoisotopic (exact) mass is 370 g/mol. The van der Waals surface area contributed by atoms with Crippen molar-refractivity contribution >= 4 is 22.7 Å². The van der Waals surface area contributed by atoms with Gasteiger partial charge in [0.2, 0.25) is 0 Å². The van der Waals surface area contributed by atoms with Crippen molar-refractivity contribution in [1.82, 2.24) is 15.0 Å². The summed E-state index contributed by atoms with van der Waals surface area (Å²) in [6.07, 6.45) is 2.54. The van der Waals surface area contributed by atoms with Gasteiger partial charge in [-0.25, -0.2) is 4.79 Å². The van der Waals surface area contributed by atoms with E-state index >= 15 is 0 Å². The van der Waals surface area contributed by atoms with Crippen molar-refractivity contribution in [3.8, 4) is 5.75 Å². The van der Waals surface area contributed by atoms with E-state index < -0.39 is 6.10 Å². The van der Waals surface area contributed by atoms with Crippen LogP contribution in [0.2, 0.25) is 0 Å². The number of nitrogens with one attached hydrogen (secondary N) is 1. The van der Waals surface area contributed by atoms with Crippen LogP contribution in [0.25, 0.3) is 11.0 Å². The fourth-order valence-electron chi connectivity index (χ4n) is 2.89. The molecule has 2 aromatic heterocycles. The van der Waals surface area contributed by atoms with Gasteiger partial charge in [-0.2, -0.15) is 0 Å². The van der Waals surface area contributed by atoms with Gasteiger partial charge < -0.3 is 14.5 Å². The Kier molecular flexibility index (Phi) is 5.25. The van der Waals surface area contributed by atoms with E-state index in [0.29, 0.717) is 22.7 Å². The summed E-state index contributed by atoms with van der Waals surface area (Å²) in [5.74, 6) is 0.487. The molecule has 0 saturated heterocycles. The molecule has 0 aliphatic carbocycles. The van der Waals surface area contributed by atoms with Crippen LogP contribution in [0.15, 0.2) is 33.6 Å². The standard InChI is InChI=1S/C19H22N4O4/c1-5-6-13-9-17(24)27-18-11(2)15(8-7-14(13)18)26-12(3)19(25)20-16-10-23(4)22-21-16/h7-10,12H,5-6H2,1-4H3,(H,20,25). The van der Waals surface area contributed by atoms with Gasteiger partial charge in [0.15, 0.2) is 11.9 Å². The SMILES string of the molecule is CCCc1cc(=O)oc2c(C)c(OC(C)C(=O)Nc3cn(C)nn3)ccc12. The zero-order chi connectivity index (χ0) is 19.6. The third-order valence-electron chi connectivity index (χ3n) is 4.24. The minimum Gasteiger partial charge on any atom is -0.480 e. The zero-order valence-electron chi connectivity index (χ0n) is 15.8. The maximum atomic E-state index is 12.3. The topological polar surface area (TPSA) is 99.2 Å². The van der Waals surface area contributed by atoms with Crippen molar-refractivity contribution in [3.05, 3.63) is 45.9 Å². The molecule has 1 unspecified atom stereocenters. The van der Waals surface area contributed by atoms with Crippen molar-refractivity contribution in [2.45, 2.75) is 39.7 Å². The van der Waals surface area contributed by atoms with Gasteiger partial charge >= 0.3 is 5.63 Å². The van der Waals surface area contributed by atoms with E-state index in [4.69, 9.17) is 9.15 Å². The molecule has 0 spiro atoms. The van der Waals surface area contributed by atoms with Gasteiger partial charge in [-0.05, 0) is 38.0 Å². The fourth-order valence-corrected chi connectivity index (χ4v) is 2.89. The lowest BCUT2D eigenvalue weighted by molar-refractivity contribution is -0.122. The number of nitrogens with zero attached hydrogens (tertiary/aromatic N) is 3. The second-order valence-electron chi connectivity index (χ2n) is 6.43. The average Bonchev–Trinajstić information content (AvgIpc) is 3.02. The van der Waals surface area contributed by atoms with Crippen molar-refractivity contribution in [1.29, 1.82) is 0 Å². The quantitative estimate of drug-likeness (QED) is 0.670. The molecule has 0 saturated carbocycles. The van der Waals surface area contributed by atoms with Crippen LogP contribution < -0.4 is 15.7 Å². The van der Waals surface area contributed by atoms with Crippen molar-refractivity contribution in [2.75, 3.05) is 5.32 Å². The first-order chi connectivity index (χ1) is 12.9. The summed E-state index contributed by atoms with van der Waals surface area (Å²) in [5.41, 5.74) is 1.73. The summed E-state index contributed by atoms with van der Waals surface area (Å²) in [7, 11) is 1.71. The Morgan fingerprint density at radius 3 is 2.85 bits per heavy atom. The van der Waals surface area contributed by atoms with Gasteiger partial charge in [0.25, 0.3) is 5.91 Å². The number of aryl methyl sites for hydroxylation is 3. The van der Waals surface area contributed by atoms with Gasteiger partial charge in [-0.15, -0.1) is 5.10 Å². The Morgan fingerprint density at radius 1 is 1.41 bits per heavy atom. The summed E-state index contributed by atoms with van der Waals surface area (Å²) in [4.78, 5) is 24.2. The number of ether oxygens (including phenoxy) is 1. The van der Waals surface area contributed by atoms with E-state index in [0.717, 1.165) is 23.8 Å². The van der Waals surface area contributed by atoms with Crippen molar-refractivity contribution in [3.63, 3.8) is 0 Å². The van der Waals surface area contributed by atoms with Crippen LogP contribution in [0.5, 0.6) is 5.75 Å². The molecule has 0 radical (unpaired) electrons. The third kappa shape index (κ3) is 3.99. The van der Waals surface area contributed by atoms with Crippen LogP contribution >= 0.6 is 0 Å². The Labute approximate surface area is 156 Å². The minimum absolute atomic E-state index is 0.350. The maximum Gasteiger partial charge on any atom is 0.336 e. The highest BCUT2D eigenvalue weighted by Gasteiger charge is 2.19. The predicted octanol–water partition coefficient (Wildman–Crippen LogP) is 2.59. The highest BCUT2D eigenvalue weighted by molar-refractivity contribution is 5.93. The fraction of sp³-hybridized carbons (Fsp3) is 0.368. The first-order valence-corrected chi connectivity index (χ1v) is 8.79. The summed E-state index contributed by atoms with van der Waals surface area (Å²) in [6, 6.07) is 5.19. The molecule has 3 aromatic rings. The number of anilines is 1. The number of hydrogen-bond acceptors (Lipinski definition) is 6. The van der Waals surface area contributed by atoms with Gasteiger partial charge in [0.05, 0.1) is 6.20 Å². The molecule has 27 heavy (non-hydrogen) atoms. The van der Waals surface area contributed by atoms with E-state index in [1.807, 2.05) is 13.0 Å². The number of benzene rings is 1. The number of aromatic nitrogens is 3. The van der Waals surface area contributed by atoms with Crippen LogP contribution in [0, 0.1) is 6.92 Å². The van der Waals surface area contributed by atoms with Gasteiger partial charge in [0, 0.05) is 24.1 Å². The molecular formula is C19H22N4O4. The average molecular weight is 370 g/mol. The Hall–Kier alpha value is -3.16. The highest BCUT2D eigenvalue weighted by atomic mass is 16.5. The molecule has 0 fully saturated rings. The second-order valence-corrected chi connectivity index (χ2v) is 6.43. The van der Waals surface area contributed by atoms with E-state index in [-0.39, 0.29) is 11.5 Å². The predicted molar refractivity (Wildman–Crippen MR) is 101 cm³/mol. The van der Waals surface area contributed by atoms with Crippen LogP contribution in [-0.4, -0.2) is 27.0 Å². The van der Waals surface area contributed by atoms with E-state index in [1.54, 1.807) is 26.2 Å². The lowest BCUT2D eigenvalue weighted by atomic mass is 10.0. The second kappa shape index (κ2) is 7.61. The molecule has 1 atom stereocenters. The lowest BCUT2D eigenvalue weighted by Gasteiger charge is -2.16. The third-order valence-corrected chi connectivity index (χ3v) is 4.24. The smallest absolute Gasteiger partial charge is 0.336 e. The number of carbonyl (C=O) groups excluding carboxylic acids is 1. The first kappa shape index (κ1) is 18.6. The van der Waals surface area contributed by atoms with Crippen LogP contribution in [0.3, 0.4) is 0 Å². The Morgan fingerprint density at radius 2 is 2.19 bits per heavy atom. The maximum absolute atomic E-state index is 12.3. The molecule has 1 N–H and O–H groups in total. The van der Waals surface area contributed by atoms with Crippen LogP contribution in [-0.2, 0) is 18.3 Å². The molecule has 2 heterocycles. The molecular weight excluding hydrogens is 348 g/mol. The Bertz CT molecular complexity index is 1040. The van der Waals surface area contributed by atoms with Gasteiger partial charge in [0.1, 0.15) is 11.3 Å². The number of amides is 1. The molecule has 1 amide bonds. The molecule has 8 nitrogen and oxygen atoms in total. The van der Waals surface area contributed by atoms with Gasteiger partial charge in [-0.1, -0.05) is 18.6 Å². The van der Waals surface area contributed by atoms with Crippen LogP contribution in [0.4, 0.5) is 5.82 Å². The number of rotatable bonds is 6. The normalized spacial score (nSPS) is 12.1. The molecule has 8 heteroatoms. The molecule has 0 aliphatic rings. The zero-order valence-corrected chi connectivity index (χ0v) is 15.8. The molecule has 0 bridgehead atoms. The summed E-state index contributed by atoms with van der Waals surface area (Å²) in [5, 5.41) is 11.1. The number of carbonyl (C=O) groups is 1. The lowest BCUT2D eigenvalue weighted by Crippen LogP contribution is -2.30. The largest absolute Gasteiger partial charge is 0.480 e. The Balaban J connectivity index is 1.85. The first-order valence-electron chi connectivity index (χ1n) is 8.79. The van der Waals surface area contributed by atoms with Crippen molar-refractivity contribution < 1.29 is 13.9 Å². The summed E-state index contributed by atoms with van der Waals surface area (Å²) < 4.78 is 12.7. The molecule has 3 rings (SSSR count). The van der Waals surface area contributed by atoms with E-state index in [9.17, 15) is 9.59 Å². The highest BCUT2D eigenvalue weighted by Crippen LogP contribution is 2.29. The molecule has 142 valence electrons. The summed E-state index contributed by atoms with van der Waals surface area (Å²) >= 11 is 0. The minimum atomic E-state index is -0.770. The van der Waals surface area contributed by atoms with E-state index in [2.05, 4.69) is 22.6 Å². The van der Waals surface area contributed by atoms with Crippen molar-refractivity contribution in [2.24, 2.45) is 7.05 Å². The number of fused-ring (bicyclic) bond motifs is 1. The summed E-state index contributed by atoms with van der Waals surface area (Å²) in [6.45, 7) is 5.50. The molecule has 0 aliphatic heterocycles.